The zero-order chi connectivity index (χ0) is 14.3. The van der Waals surface area contributed by atoms with E-state index in [2.05, 4.69) is 6.07 Å². The summed E-state index contributed by atoms with van der Waals surface area (Å²) >= 11 is 0. The van der Waals surface area contributed by atoms with E-state index in [0.29, 0.717) is 12.8 Å². The first-order valence-corrected chi connectivity index (χ1v) is 9.58. The number of rotatable bonds is 2. The average molecular weight is 297 g/mol. The van der Waals surface area contributed by atoms with Crippen LogP contribution < -0.4 is 0 Å². The van der Waals surface area contributed by atoms with E-state index in [1.807, 2.05) is 0 Å². The van der Waals surface area contributed by atoms with E-state index in [4.69, 9.17) is 4.74 Å². The van der Waals surface area contributed by atoms with E-state index < -0.39 is 15.3 Å². The Kier molecular flexibility index (Phi) is 3.58. The Labute approximate surface area is 121 Å². The second-order valence-electron chi connectivity index (χ2n) is 6.96. The van der Waals surface area contributed by atoms with Gasteiger partial charge in [0.05, 0.1) is 34.7 Å². The molecule has 3 fully saturated rings. The van der Waals surface area contributed by atoms with Crippen LogP contribution in [0, 0.1) is 16.7 Å². The number of sulfone groups is 1. The zero-order valence-corrected chi connectivity index (χ0v) is 12.8. The van der Waals surface area contributed by atoms with Crippen LogP contribution in [0.2, 0.25) is 0 Å². The quantitative estimate of drug-likeness (QED) is 0.785. The molecular formula is C15H23NO3S. The molecular weight excluding hydrogens is 274 g/mol. The van der Waals surface area contributed by atoms with Crippen LogP contribution in [0.1, 0.15) is 57.8 Å². The third kappa shape index (κ3) is 2.73. The van der Waals surface area contributed by atoms with Gasteiger partial charge in [-0.25, -0.2) is 8.42 Å². The molecule has 3 rings (SSSR count). The lowest BCUT2D eigenvalue weighted by Crippen LogP contribution is -2.33. The number of hydrogen-bond donors (Lipinski definition) is 0. The van der Waals surface area contributed by atoms with Gasteiger partial charge in [-0.2, -0.15) is 5.26 Å². The van der Waals surface area contributed by atoms with Gasteiger partial charge < -0.3 is 4.74 Å². The first-order chi connectivity index (χ1) is 9.47. The normalized spacial score (nSPS) is 38.9. The van der Waals surface area contributed by atoms with Crippen LogP contribution in [0.3, 0.4) is 0 Å². The lowest BCUT2D eigenvalue weighted by atomic mass is 9.81. The summed E-state index contributed by atoms with van der Waals surface area (Å²) in [5, 5.41) is 9.44. The molecule has 20 heavy (non-hydrogen) atoms. The maximum absolute atomic E-state index is 11.7. The fourth-order valence-corrected chi connectivity index (χ4v) is 6.26. The molecule has 1 aliphatic carbocycles. The summed E-state index contributed by atoms with van der Waals surface area (Å²) in [6.07, 6.45) is 9.31. The van der Waals surface area contributed by atoms with Gasteiger partial charge in [0, 0.05) is 0 Å². The number of nitriles is 1. The molecule has 0 aromatic carbocycles. The zero-order valence-electron chi connectivity index (χ0n) is 11.9. The van der Waals surface area contributed by atoms with Crippen LogP contribution >= 0.6 is 0 Å². The maximum Gasteiger partial charge on any atom is 0.151 e. The Morgan fingerprint density at radius 2 is 1.90 bits per heavy atom. The summed E-state index contributed by atoms with van der Waals surface area (Å²) in [6, 6.07) is 2.29. The van der Waals surface area contributed by atoms with Gasteiger partial charge >= 0.3 is 0 Å². The summed E-state index contributed by atoms with van der Waals surface area (Å²) in [5.74, 6) is 0.196. The molecule has 2 unspecified atom stereocenters. The van der Waals surface area contributed by atoms with Crippen molar-refractivity contribution in [3.63, 3.8) is 0 Å². The molecule has 112 valence electrons. The summed E-state index contributed by atoms with van der Waals surface area (Å²) < 4.78 is 29.7. The molecule has 5 heteroatoms. The molecule has 3 aliphatic rings. The number of hydrogen-bond acceptors (Lipinski definition) is 4. The molecule has 1 saturated carbocycles. The smallest absolute Gasteiger partial charge is 0.151 e. The van der Waals surface area contributed by atoms with E-state index in [1.165, 1.54) is 19.3 Å². The van der Waals surface area contributed by atoms with E-state index in [-0.39, 0.29) is 23.2 Å². The molecule has 2 aliphatic heterocycles. The minimum Gasteiger partial charge on any atom is -0.372 e. The van der Waals surface area contributed by atoms with Gasteiger partial charge in [-0.1, -0.05) is 19.3 Å². The lowest BCUT2D eigenvalue weighted by molar-refractivity contribution is -0.0721. The van der Waals surface area contributed by atoms with Crippen molar-refractivity contribution in [2.24, 2.45) is 5.41 Å². The topological polar surface area (TPSA) is 67.2 Å². The lowest BCUT2D eigenvalue weighted by Gasteiger charge is -2.34. The van der Waals surface area contributed by atoms with Gasteiger partial charge in [-0.3, -0.25) is 0 Å². The van der Waals surface area contributed by atoms with Gasteiger partial charge in [-0.05, 0) is 38.5 Å². The predicted octanol–water partition coefficient (Wildman–Crippen LogP) is 2.59. The Bertz CT molecular complexity index is 516. The second-order valence-corrected chi connectivity index (χ2v) is 9.14. The third-order valence-corrected chi connectivity index (χ3v) is 7.17. The van der Waals surface area contributed by atoms with Crippen molar-refractivity contribution >= 4 is 9.84 Å². The fourth-order valence-electron chi connectivity index (χ4n) is 4.25. The van der Waals surface area contributed by atoms with Crippen LogP contribution in [0.25, 0.3) is 0 Å². The molecule has 2 heterocycles. The van der Waals surface area contributed by atoms with Crippen LogP contribution in [0.5, 0.6) is 0 Å². The predicted molar refractivity (Wildman–Crippen MR) is 75.9 cm³/mol. The maximum atomic E-state index is 11.7. The van der Waals surface area contributed by atoms with E-state index in [1.54, 1.807) is 0 Å². The molecule has 0 aromatic rings. The van der Waals surface area contributed by atoms with E-state index in [9.17, 15) is 13.7 Å². The molecule has 2 atom stereocenters. The summed E-state index contributed by atoms with van der Waals surface area (Å²) in [5.41, 5.74) is -0.638. The third-order valence-electron chi connectivity index (χ3n) is 5.35. The van der Waals surface area contributed by atoms with Crippen molar-refractivity contribution in [2.75, 3.05) is 11.5 Å². The molecule has 0 amide bonds. The van der Waals surface area contributed by atoms with Gasteiger partial charge in [0.25, 0.3) is 0 Å². The van der Waals surface area contributed by atoms with Gasteiger partial charge in [-0.15, -0.1) is 0 Å². The largest absolute Gasteiger partial charge is 0.372 e. The Morgan fingerprint density at radius 3 is 2.50 bits per heavy atom. The number of ether oxygens (including phenoxy) is 1. The Hall–Kier alpha value is -0.600. The SMILES string of the molecule is N#CC1(CC2CCC3(CCCCC3)O2)CCS(=O)(=O)C1. The first kappa shape index (κ1) is 14.3. The minimum atomic E-state index is -3.02. The standard InChI is InChI=1S/C15H23NO3S/c16-11-14(8-9-20(17,18)12-14)10-13-4-7-15(19-13)5-2-1-3-6-15/h13H,1-10,12H2. The Morgan fingerprint density at radius 1 is 1.15 bits per heavy atom. The average Bonchev–Trinajstić information content (AvgIpc) is 2.93. The van der Waals surface area contributed by atoms with E-state index in [0.717, 1.165) is 25.7 Å². The molecule has 4 nitrogen and oxygen atoms in total. The minimum absolute atomic E-state index is 0.0311. The monoisotopic (exact) mass is 297 g/mol. The summed E-state index contributed by atoms with van der Waals surface area (Å²) in [6.45, 7) is 0. The van der Waals surface area contributed by atoms with Crippen molar-refractivity contribution in [2.45, 2.75) is 69.5 Å². The van der Waals surface area contributed by atoms with Crippen molar-refractivity contribution < 1.29 is 13.2 Å². The van der Waals surface area contributed by atoms with Crippen molar-refractivity contribution in [1.29, 1.82) is 5.26 Å². The molecule has 1 spiro atoms. The molecule has 0 N–H and O–H groups in total. The van der Waals surface area contributed by atoms with Crippen molar-refractivity contribution in [1.82, 2.24) is 0 Å². The summed E-state index contributed by atoms with van der Waals surface area (Å²) in [7, 11) is -3.02. The molecule has 2 saturated heterocycles. The second kappa shape index (κ2) is 4.99. The highest BCUT2D eigenvalue weighted by Gasteiger charge is 2.48. The van der Waals surface area contributed by atoms with Crippen molar-refractivity contribution in [3.8, 4) is 6.07 Å². The molecule has 0 aromatic heterocycles. The number of nitrogens with zero attached hydrogens (tertiary/aromatic N) is 1. The Balaban J connectivity index is 1.65. The van der Waals surface area contributed by atoms with Gasteiger partial charge in [0.15, 0.2) is 9.84 Å². The highest BCUT2D eigenvalue weighted by atomic mass is 32.2. The van der Waals surface area contributed by atoms with Crippen LogP contribution in [0.15, 0.2) is 0 Å². The van der Waals surface area contributed by atoms with Crippen molar-refractivity contribution in [3.05, 3.63) is 0 Å². The van der Waals surface area contributed by atoms with Gasteiger partial charge in [0.1, 0.15) is 0 Å². The molecule has 0 radical (unpaired) electrons. The van der Waals surface area contributed by atoms with E-state index >= 15 is 0 Å². The fraction of sp³-hybridized carbons (Fsp3) is 0.933. The summed E-state index contributed by atoms with van der Waals surface area (Å²) in [4.78, 5) is 0. The van der Waals surface area contributed by atoms with Crippen LogP contribution in [-0.4, -0.2) is 31.6 Å². The van der Waals surface area contributed by atoms with Crippen LogP contribution in [-0.2, 0) is 14.6 Å². The van der Waals surface area contributed by atoms with Gasteiger partial charge in [0.2, 0.25) is 0 Å². The molecule has 0 bridgehead atoms. The highest BCUT2D eigenvalue weighted by molar-refractivity contribution is 7.91. The highest BCUT2D eigenvalue weighted by Crippen LogP contribution is 2.46. The first-order valence-electron chi connectivity index (χ1n) is 7.76. The van der Waals surface area contributed by atoms with Crippen LogP contribution in [0.4, 0.5) is 0 Å².